The van der Waals surface area contributed by atoms with Crippen molar-refractivity contribution in [1.29, 1.82) is 0 Å². The molecule has 0 aliphatic carbocycles. The third-order valence-electron chi connectivity index (χ3n) is 3.44. The zero-order valence-corrected chi connectivity index (χ0v) is 14.5. The molecule has 0 atom stereocenters. The van der Waals surface area contributed by atoms with Crippen molar-refractivity contribution in [3.63, 3.8) is 0 Å². The molecular formula is C18H12ClN3O5. The second-order valence-electron chi connectivity index (χ2n) is 5.28. The number of nitro groups is 1. The van der Waals surface area contributed by atoms with E-state index in [2.05, 4.69) is 10.1 Å². The van der Waals surface area contributed by atoms with Crippen LogP contribution in [0, 0.1) is 10.1 Å². The molecule has 0 saturated heterocycles. The van der Waals surface area contributed by atoms with Crippen LogP contribution in [-0.2, 0) is 16.1 Å². The van der Waals surface area contributed by atoms with Crippen molar-refractivity contribution < 1.29 is 19.0 Å². The van der Waals surface area contributed by atoms with Crippen molar-refractivity contribution in [1.82, 2.24) is 10.1 Å². The molecule has 3 aromatic rings. The van der Waals surface area contributed by atoms with Gasteiger partial charge in [-0.15, -0.1) is 0 Å². The highest BCUT2D eigenvalue weighted by Gasteiger charge is 2.12. The van der Waals surface area contributed by atoms with Crippen LogP contribution in [0.25, 0.3) is 17.5 Å². The number of halogens is 1. The molecule has 0 N–H and O–H groups in total. The Morgan fingerprint density at radius 1 is 1.22 bits per heavy atom. The lowest BCUT2D eigenvalue weighted by Crippen LogP contribution is -2.01. The molecule has 0 saturated carbocycles. The van der Waals surface area contributed by atoms with E-state index >= 15 is 0 Å². The normalized spacial score (nSPS) is 10.9. The average Bonchev–Trinajstić information content (AvgIpc) is 3.14. The summed E-state index contributed by atoms with van der Waals surface area (Å²) in [5, 5.41) is 14.9. The molecule has 0 unspecified atom stereocenters. The van der Waals surface area contributed by atoms with Gasteiger partial charge < -0.3 is 9.26 Å². The van der Waals surface area contributed by atoms with Gasteiger partial charge in [-0.1, -0.05) is 28.9 Å². The number of carbonyl (C=O) groups excluding carboxylic acids is 1. The minimum absolute atomic E-state index is 0.0274. The van der Waals surface area contributed by atoms with Crippen LogP contribution in [0.5, 0.6) is 0 Å². The van der Waals surface area contributed by atoms with E-state index in [1.807, 2.05) is 0 Å². The molecule has 9 heteroatoms. The van der Waals surface area contributed by atoms with E-state index in [4.69, 9.17) is 20.9 Å². The van der Waals surface area contributed by atoms with Gasteiger partial charge in [0.05, 0.1) is 9.95 Å². The Balaban J connectivity index is 1.56. The molecule has 1 heterocycles. The van der Waals surface area contributed by atoms with Crippen LogP contribution in [0.15, 0.2) is 59.1 Å². The Morgan fingerprint density at radius 3 is 2.67 bits per heavy atom. The number of hydrogen-bond donors (Lipinski definition) is 0. The van der Waals surface area contributed by atoms with Gasteiger partial charge in [-0.25, -0.2) is 4.79 Å². The molecular weight excluding hydrogens is 374 g/mol. The lowest BCUT2D eigenvalue weighted by molar-refractivity contribution is -0.384. The number of nitro benzene ring substituents is 1. The summed E-state index contributed by atoms with van der Waals surface area (Å²) in [5.74, 6) is -0.194. The summed E-state index contributed by atoms with van der Waals surface area (Å²) in [4.78, 5) is 26.0. The van der Waals surface area contributed by atoms with E-state index in [1.165, 1.54) is 36.4 Å². The molecule has 0 amide bonds. The first kappa shape index (κ1) is 18.3. The number of esters is 1. The molecule has 0 fully saturated rings. The van der Waals surface area contributed by atoms with Gasteiger partial charge in [-0.05, 0) is 35.9 Å². The van der Waals surface area contributed by atoms with Gasteiger partial charge in [-0.3, -0.25) is 10.1 Å². The van der Waals surface area contributed by atoms with Gasteiger partial charge >= 0.3 is 5.97 Å². The Labute approximate surface area is 158 Å². The third kappa shape index (κ3) is 4.77. The second-order valence-corrected chi connectivity index (χ2v) is 5.69. The topological polar surface area (TPSA) is 108 Å². The van der Waals surface area contributed by atoms with Crippen molar-refractivity contribution >= 4 is 29.3 Å². The average molecular weight is 386 g/mol. The number of benzene rings is 2. The van der Waals surface area contributed by atoms with Crippen LogP contribution >= 0.6 is 11.6 Å². The number of hydrogen-bond acceptors (Lipinski definition) is 7. The lowest BCUT2D eigenvalue weighted by atomic mass is 10.2. The maximum Gasteiger partial charge on any atom is 0.331 e. The number of aromatic nitrogens is 2. The minimum atomic E-state index is -0.620. The van der Waals surface area contributed by atoms with Gasteiger partial charge in [0.15, 0.2) is 6.61 Å². The third-order valence-corrected chi connectivity index (χ3v) is 3.77. The van der Waals surface area contributed by atoms with Gasteiger partial charge in [0.25, 0.3) is 11.6 Å². The summed E-state index contributed by atoms with van der Waals surface area (Å²) in [6, 6.07) is 12.8. The number of rotatable bonds is 6. The van der Waals surface area contributed by atoms with Crippen LogP contribution in [0.1, 0.15) is 11.5 Å². The second kappa shape index (κ2) is 8.24. The Morgan fingerprint density at radius 2 is 1.96 bits per heavy atom. The van der Waals surface area contributed by atoms with Crippen molar-refractivity contribution in [3.05, 3.63) is 81.2 Å². The number of non-ortho nitro benzene ring substituents is 1. The summed E-state index contributed by atoms with van der Waals surface area (Å²) < 4.78 is 10.1. The zero-order chi connectivity index (χ0) is 19.2. The molecule has 1 aromatic heterocycles. The standard InChI is InChI=1S/C18H12ClN3O5/c19-15-4-2-1-3-14(15)18-20-16(27-21-18)11-26-17(23)10-7-12-5-8-13(9-6-12)22(24)25/h1-10H,11H2/b10-7+. The summed E-state index contributed by atoms with van der Waals surface area (Å²) >= 11 is 6.07. The SMILES string of the molecule is O=C(/C=C/c1ccc([N+](=O)[O-])cc1)OCc1nc(-c2ccccc2Cl)no1. The van der Waals surface area contributed by atoms with E-state index in [9.17, 15) is 14.9 Å². The molecule has 0 bridgehead atoms. The molecule has 27 heavy (non-hydrogen) atoms. The van der Waals surface area contributed by atoms with Gasteiger partial charge in [-0.2, -0.15) is 4.98 Å². The highest BCUT2D eigenvalue weighted by Crippen LogP contribution is 2.24. The summed E-state index contributed by atoms with van der Waals surface area (Å²) in [6.45, 7) is -0.194. The molecule has 0 aliphatic rings. The summed E-state index contributed by atoms with van der Waals surface area (Å²) in [7, 11) is 0. The van der Waals surface area contributed by atoms with Gasteiger partial charge in [0, 0.05) is 23.8 Å². The van der Waals surface area contributed by atoms with Crippen molar-refractivity contribution in [3.8, 4) is 11.4 Å². The lowest BCUT2D eigenvalue weighted by Gasteiger charge is -1.97. The van der Waals surface area contributed by atoms with Gasteiger partial charge in [0.1, 0.15) is 0 Å². The molecule has 136 valence electrons. The first-order chi connectivity index (χ1) is 13.0. The van der Waals surface area contributed by atoms with E-state index in [-0.39, 0.29) is 18.2 Å². The quantitative estimate of drug-likeness (QED) is 0.272. The van der Waals surface area contributed by atoms with Crippen molar-refractivity contribution in [2.24, 2.45) is 0 Å². The van der Waals surface area contributed by atoms with Crippen LogP contribution in [0.4, 0.5) is 5.69 Å². The monoisotopic (exact) mass is 385 g/mol. The van der Waals surface area contributed by atoms with E-state index in [1.54, 1.807) is 24.3 Å². The first-order valence-corrected chi connectivity index (χ1v) is 8.07. The molecule has 0 radical (unpaired) electrons. The largest absolute Gasteiger partial charge is 0.452 e. The smallest absolute Gasteiger partial charge is 0.331 e. The maximum atomic E-state index is 11.8. The molecule has 8 nitrogen and oxygen atoms in total. The number of ether oxygens (including phenoxy) is 1. The Bertz CT molecular complexity index is 998. The minimum Gasteiger partial charge on any atom is -0.452 e. The van der Waals surface area contributed by atoms with E-state index in [0.717, 1.165) is 0 Å². The van der Waals surface area contributed by atoms with E-state index < -0.39 is 10.9 Å². The van der Waals surface area contributed by atoms with Crippen molar-refractivity contribution in [2.75, 3.05) is 0 Å². The molecule has 2 aromatic carbocycles. The van der Waals surface area contributed by atoms with Crippen molar-refractivity contribution in [2.45, 2.75) is 6.61 Å². The Kier molecular flexibility index (Phi) is 5.58. The number of carbonyl (C=O) groups is 1. The fourth-order valence-electron chi connectivity index (χ4n) is 2.12. The van der Waals surface area contributed by atoms with Crippen LogP contribution in [0.3, 0.4) is 0 Å². The predicted molar refractivity (Wildman–Crippen MR) is 96.7 cm³/mol. The summed E-state index contributed by atoms with van der Waals surface area (Å²) in [5.41, 5.74) is 1.20. The molecule has 0 aliphatic heterocycles. The maximum absolute atomic E-state index is 11.8. The van der Waals surface area contributed by atoms with Gasteiger partial charge in [0.2, 0.25) is 5.82 Å². The zero-order valence-electron chi connectivity index (χ0n) is 13.7. The summed E-state index contributed by atoms with van der Waals surface area (Å²) in [6.07, 6.45) is 2.68. The van der Waals surface area contributed by atoms with E-state index in [0.29, 0.717) is 22.0 Å². The molecule has 3 rings (SSSR count). The Hall–Kier alpha value is -3.52. The first-order valence-electron chi connectivity index (χ1n) is 7.70. The van der Waals surface area contributed by atoms with Crippen LogP contribution < -0.4 is 0 Å². The fourth-order valence-corrected chi connectivity index (χ4v) is 2.34. The molecule has 0 spiro atoms. The fraction of sp³-hybridized carbons (Fsp3) is 0.0556. The van der Waals surface area contributed by atoms with Crippen LogP contribution in [0.2, 0.25) is 5.02 Å². The highest BCUT2D eigenvalue weighted by atomic mass is 35.5. The van der Waals surface area contributed by atoms with Crippen LogP contribution in [-0.4, -0.2) is 21.0 Å². The number of nitrogens with zero attached hydrogens (tertiary/aromatic N) is 3. The predicted octanol–water partition coefficient (Wildman–Crippen LogP) is 4.05. The highest BCUT2D eigenvalue weighted by molar-refractivity contribution is 6.33.